The van der Waals surface area contributed by atoms with Gasteiger partial charge in [-0.15, -0.1) is 0 Å². The number of carboxylic acid groups (broad SMARTS) is 1. The van der Waals surface area contributed by atoms with E-state index in [9.17, 15) is 18.4 Å². The second kappa shape index (κ2) is 8.98. The first-order valence-corrected chi connectivity index (χ1v) is 8.06. The molecule has 0 saturated heterocycles. The quantitative estimate of drug-likeness (QED) is 0.729. The summed E-state index contributed by atoms with van der Waals surface area (Å²) < 4.78 is 34.3. The molecule has 8 heteroatoms. The highest BCUT2D eigenvalue weighted by Crippen LogP contribution is 2.29. The maximum atomic E-state index is 12.5. The number of carbonyl (C=O) groups excluding carboxylic acids is 1. The van der Waals surface area contributed by atoms with E-state index < -0.39 is 24.4 Å². The van der Waals surface area contributed by atoms with E-state index in [0.717, 1.165) is 5.56 Å². The molecule has 0 aliphatic carbocycles. The molecule has 2 aromatic rings. The zero-order chi connectivity index (χ0) is 20.0. The first-order valence-electron chi connectivity index (χ1n) is 8.06. The van der Waals surface area contributed by atoms with E-state index in [1.807, 2.05) is 0 Å². The van der Waals surface area contributed by atoms with Gasteiger partial charge in [0, 0.05) is 11.3 Å². The van der Waals surface area contributed by atoms with E-state index in [0.29, 0.717) is 12.1 Å². The molecule has 1 unspecified atom stereocenters. The molecule has 0 aromatic heterocycles. The molecule has 0 saturated carbocycles. The fourth-order valence-corrected chi connectivity index (χ4v) is 2.37. The van der Waals surface area contributed by atoms with Gasteiger partial charge in [0.1, 0.15) is 0 Å². The first kappa shape index (κ1) is 20.2. The number of nitrogens with one attached hydrogen (secondary N) is 1. The molecule has 2 aromatic carbocycles. The van der Waals surface area contributed by atoms with Crippen molar-refractivity contribution in [1.82, 2.24) is 0 Å². The average molecular weight is 379 g/mol. The zero-order valence-electron chi connectivity index (χ0n) is 14.7. The summed E-state index contributed by atoms with van der Waals surface area (Å²) in [4.78, 5) is 23.2. The number of aliphatic carboxylic acids is 1. The van der Waals surface area contributed by atoms with Crippen LogP contribution in [0.2, 0.25) is 0 Å². The van der Waals surface area contributed by atoms with Crippen LogP contribution < -0.4 is 14.8 Å². The number of amides is 1. The Bertz CT molecular complexity index is 808. The Balaban J connectivity index is 2.09. The number of hydrogen-bond donors (Lipinski definition) is 2. The molecule has 0 fully saturated rings. The van der Waals surface area contributed by atoms with Crippen molar-refractivity contribution in [2.24, 2.45) is 5.92 Å². The highest BCUT2D eigenvalue weighted by atomic mass is 19.3. The molecule has 27 heavy (non-hydrogen) atoms. The molecule has 2 N–H and O–H groups in total. The zero-order valence-corrected chi connectivity index (χ0v) is 14.7. The number of rotatable bonds is 8. The molecule has 0 aliphatic rings. The molecule has 0 spiro atoms. The van der Waals surface area contributed by atoms with E-state index >= 15 is 0 Å². The summed E-state index contributed by atoms with van der Waals surface area (Å²) in [6.45, 7) is -1.43. The molecule has 1 atom stereocenters. The molecule has 1 amide bonds. The Kier molecular flexibility index (Phi) is 6.70. The lowest BCUT2D eigenvalue weighted by molar-refractivity contribution is -0.141. The maximum Gasteiger partial charge on any atom is 0.387 e. The second-order valence-electron chi connectivity index (χ2n) is 5.84. The minimum absolute atomic E-state index is 0.0868. The number of carbonyl (C=O) groups is 2. The van der Waals surface area contributed by atoms with Crippen LogP contribution in [0.5, 0.6) is 11.5 Å². The molecule has 144 valence electrons. The van der Waals surface area contributed by atoms with Gasteiger partial charge in [0.25, 0.3) is 5.91 Å². The number of ether oxygens (including phenoxy) is 2. The smallest absolute Gasteiger partial charge is 0.387 e. The summed E-state index contributed by atoms with van der Waals surface area (Å²) in [6, 6.07) is 10.7. The van der Waals surface area contributed by atoms with Crippen LogP contribution in [0.1, 0.15) is 22.8 Å². The van der Waals surface area contributed by atoms with Gasteiger partial charge in [-0.1, -0.05) is 19.1 Å². The summed E-state index contributed by atoms with van der Waals surface area (Å²) in [5.41, 5.74) is 1.42. The molecule has 0 bridgehead atoms. The number of carboxylic acids is 1. The van der Waals surface area contributed by atoms with Crippen LogP contribution in [0.15, 0.2) is 42.5 Å². The fourth-order valence-electron chi connectivity index (χ4n) is 2.37. The summed E-state index contributed by atoms with van der Waals surface area (Å²) in [6.07, 6.45) is 0.371. The molecular formula is C19H19F2NO5. The lowest BCUT2D eigenvalue weighted by atomic mass is 10.0. The minimum Gasteiger partial charge on any atom is -0.493 e. The highest BCUT2D eigenvalue weighted by Gasteiger charge is 2.15. The van der Waals surface area contributed by atoms with Crippen LogP contribution in [0.4, 0.5) is 14.5 Å². The summed E-state index contributed by atoms with van der Waals surface area (Å²) in [7, 11) is 1.31. The third-order valence-corrected chi connectivity index (χ3v) is 3.82. The maximum absolute atomic E-state index is 12.5. The normalized spacial score (nSPS) is 11.7. The lowest BCUT2D eigenvalue weighted by Crippen LogP contribution is -2.13. The lowest BCUT2D eigenvalue weighted by Gasteiger charge is -2.12. The number of methoxy groups -OCH3 is 1. The van der Waals surface area contributed by atoms with Gasteiger partial charge in [0.15, 0.2) is 11.5 Å². The molecule has 6 nitrogen and oxygen atoms in total. The van der Waals surface area contributed by atoms with Gasteiger partial charge in [-0.05, 0) is 42.3 Å². The van der Waals surface area contributed by atoms with Gasteiger partial charge in [-0.2, -0.15) is 8.78 Å². The molecule has 0 radical (unpaired) electrons. The topological polar surface area (TPSA) is 84.9 Å². The molecular weight excluding hydrogens is 360 g/mol. The number of hydrogen-bond acceptors (Lipinski definition) is 4. The largest absolute Gasteiger partial charge is 0.493 e. The molecule has 0 aliphatic heterocycles. The standard InChI is InChI=1S/C19H19F2NO5/c1-11(18(24)25)9-12-3-6-14(7-4-12)22-17(23)13-5-8-15(26-2)16(10-13)27-19(20)21/h3-8,10-11,19H,9H2,1-2H3,(H,22,23)(H,24,25). The Morgan fingerprint density at radius 3 is 2.33 bits per heavy atom. The Labute approximate surface area is 154 Å². The van der Waals surface area contributed by atoms with Crippen LogP contribution in [-0.4, -0.2) is 30.7 Å². The minimum atomic E-state index is -3.04. The monoisotopic (exact) mass is 379 g/mol. The van der Waals surface area contributed by atoms with E-state index in [4.69, 9.17) is 9.84 Å². The van der Waals surface area contributed by atoms with Crippen LogP contribution in [0, 0.1) is 5.92 Å². The van der Waals surface area contributed by atoms with Crippen molar-refractivity contribution in [3.05, 3.63) is 53.6 Å². The molecule has 0 heterocycles. The van der Waals surface area contributed by atoms with Crippen molar-refractivity contribution in [2.45, 2.75) is 20.0 Å². The Hall–Kier alpha value is -3.16. The Morgan fingerprint density at radius 2 is 1.78 bits per heavy atom. The number of anilines is 1. The van der Waals surface area contributed by atoms with Gasteiger partial charge in [0.05, 0.1) is 13.0 Å². The van der Waals surface area contributed by atoms with E-state index in [2.05, 4.69) is 10.1 Å². The van der Waals surface area contributed by atoms with E-state index in [1.54, 1.807) is 31.2 Å². The predicted octanol–water partition coefficient (Wildman–Crippen LogP) is 3.81. The van der Waals surface area contributed by atoms with Crippen LogP contribution >= 0.6 is 0 Å². The van der Waals surface area contributed by atoms with Crippen molar-refractivity contribution in [3.63, 3.8) is 0 Å². The van der Waals surface area contributed by atoms with Gasteiger partial charge >= 0.3 is 12.6 Å². The summed E-state index contributed by atoms with van der Waals surface area (Å²) >= 11 is 0. The highest BCUT2D eigenvalue weighted by molar-refractivity contribution is 6.04. The number of halogens is 2. The third kappa shape index (κ3) is 5.67. The average Bonchev–Trinajstić information content (AvgIpc) is 2.62. The second-order valence-corrected chi connectivity index (χ2v) is 5.84. The first-order chi connectivity index (χ1) is 12.8. The number of alkyl halides is 2. The van der Waals surface area contributed by atoms with Crippen LogP contribution in [-0.2, 0) is 11.2 Å². The van der Waals surface area contributed by atoms with Crippen molar-refractivity contribution in [1.29, 1.82) is 0 Å². The summed E-state index contributed by atoms with van der Waals surface area (Å²) in [5, 5.41) is 11.6. The van der Waals surface area contributed by atoms with Crippen molar-refractivity contribution in [3.8, 4) is 11.5 Å². The third-order valence-electron chi connectivity index (χ3n) is 3.82. The van der Waals surface area contributed by atoms with E-state index in [1.165, 1.54) is 25.3 Å². The SMILES string of the molecule is COc1ccc(C(=O)Nc2ccc(CC(C)C(=O)O)cc2)cc1OC(F)F. The van der Waals surface area contributed by atoms with Gasteiger partial charge < -0.3 is 19.9 Å². The van der Waals surface area contributed by atoms with Crippen molar-refractivity contribution in [2.75, 3.05) is 12.4 Å². The van der Waals surface area contributed by atoms with E-state index in [-0.39, 0.29) is 17.1 Å². The van der Waals surface area contributed by atoms with Crippen molar-refractivity contribution >= 4 is 17.6 Å². The summed E-state index contributed by atoms with van der Waals surface area (Å²) in [5.74, 6) is -2.06. The van der Waals surface area contributed by atoms with Gasteiger partial charge in [-0.3, -0.25) is 9.59 Å². The van der Waals surface area contributed by atoms with Crippen LogP contribution in [0.3, 0.4) is 0 Å². The predicted molar refractivity (Wildman–Crippen MR) is 94.5 cm³/mol. The molecule has 2 rings (SSSR count). The fraction of sp³-hybridized carbons (Fsp3) is 0.263. The van der Waals surface area contributed by atoms with Gasteiger partial charge in [-0.25, -0.2) is 0 Å². The van der Waals surface area contributed by atoms with Crippen LogP contribution in [0.25, 0.3) is 0 Å². The van der Waals surface area contributed by atoms with Gasteiger partial charge in [0.2, 0.25) is 0 Å². The van der Waals surface area contributed by atoms with Crippen molar-refractivity contribution < 1.29 is 33.0 Å². The number of benzene rings is 2. The Morgan fingerprint density at radius 1 is 1.11 bits per heavy atom.